The molecule has 0 heterocycles. The highest BCUT2D eigenvalue weighted by atomic mass is 32.2. The standard InChI is InChI=1S/C17H26N2O3S/c1-23(21,22)19-16-12-6-5-11-15(16)18-17(20)13-7-10-14-8-3-2-4-9-14/h5-6,11-12,14,19H,2-4,7-10,13H2,1H3,(H,18,20). The molecule has 0 aliphatic heterocycles. The maximum Gasteiger partial charge on any atom is 0.229 e. The van der Waals surface area contributed by atoms with E-state index < -0.39 is 10.0 Å². The minimum atomic E-state index is -3.37. The lowest BCUT2D eigenvalue weighted by Gasteiger charge is -2.21. The summed E-state index contributed by atoms with van der Waals surface area (Å²) < 4.78 is 25.1. The number of para-hydroxylation sites is 2. The number of anilines is 2. The van der Waals surface area contributed by atoms with Crippen LogP contribution in [0, 0.1) is 5.92 Å². The van der Waals surface area contributed by atoms with Crippen LogP contribution in [0.15, 0.2) is 24.3 Å². The number of hydrogen-bond acceptors (Lipinski definition) is 3. The fraction of sp³-hybridized carbons (Fsp3) is 0.588. The lowest BCUT2D eigenvalue weighted by atomic mass is 9.86. The Labute approximate surface area is 138 Å². The van der Waals surface area contributed by atoms with Crippen molar-refractivity contribution in [2.24, 2.45) is 5.92 Å². The Balaban J connectivity index is 1.82. The summed E-state index contributed by atoms with van der Waals surface area (Å²) in [4.78, 5) is 12.1. The normalized spacial score (nSPS) is 16.0. The second kappa shape index (κ2) is 8.34. The van der Waals surface area contributed by atoms with Crippen LogP contribution in [0.25, 0.3) is 0 Å². The third-order valence-corrected chi connectivity index (χ3v) is 4.83. The van der Waals surface area contributed by atoms with Crippen molar-refractivity contribution >= 4 is 27.3 Å². The maximum absolute atomic E-state index is 12.1. The van der Waals surface area contributed by atoms with Gasteiger partial charge in [-0.2, -0.15) is 0 Å². The molecule has 23 heavy (non-hydrogen) atoms. The molecule has 0 atom stereocenters. The minimum absolute atomic E-state index is 0.0661. The molecular formula is C17H26N2O3S. The van der Waals surface area contributed by atoms with Crippen molar-refractivity contribution in [1.29, 1.82) is 0 Å². The number of carbonyl (C=O) groups excluding carboxylic acids is 1. The molecule has 1 aromatic rings. The van der Waals surface area contributed by atoms with E-state index in [0.29, 0.717) is 17.8 Å². The van der Waals surface area contributed by atoms with E-state index in [4.69, 9.17) is 0 Å². The molecule has 0 unspecified atom stereocenters. The maximum atomic E-state index is 12.1. The monoisotopic (exact) mass is 338 g/mol. The van der Waals surface area contributed by atoms with Crippen molar-refractivity contribution in [1.82, 2.24) is 0 Å². The molecule has 0 aromatic heterocycles. The van der Waals surface area contributed by atoms with E-state index >= 15 is 0 Å². The number of amides is 1. The first-order valence-electron chi connectivity index (χ1n) is 8.31. The molecule has 1 fully saturated rings. The van der Waals surface area contributed by atoms with Crippen LogP contribution >= 0.6 is 0 Å². The summed E-state index contributed by atoms with van der Waals surface area (Å²) in [5.41, 5.74) is 0.899. The van der Waals surface area contributed by atoms with Crippen molar-refractivity contribution in [3.63, 3.8) is 0 Å². The van der Waals surface area contributed by atoms with Gasteiger partial charge in [0.05, 0.1) is 17.6 Å². The average molecular weight is 338 g/mol. The third-order valence-electron chi connectivity index (χ3n) is 4.24. The summed E-state index contributed by atoms with van der Waals surface area (Å²) in [6.45, 7) is 0. The molecule has 1 aromatic carbocycles. The highest BCUT2D eigenvalue weighted by Crippen LogP contribution is 2.28. The molecule has 5 nitrogen and oxygen atoms in total. The zero-order valence-corrected chi connectivity index (χ0v) is 14.5. The smallest absolute Gasteiger partial charge is 0.229 e. The molecule has 0 radical (unpaired) electrons. The van der Waals surface area contributed by atoms with E-state index in [0.717, 1.165) is 25.0 Å². The number of hydrogen-bond donors (Lipinski definition) is 2. The Bertz CT molecular complexity index is 622. The molecular weight excluding hydrogens is 312 g/mol. The summed E-state index contributed by atoms with van der Waals surface area (Å²) in [6.07, 6.45) is 10.1. The van der Waals surface area contributed by atoms with Gasteiger partial charge in [-0.05, 0) is 30.9 Å². The average Bonchev–Trinajstić information content (AvgIpc) is 2.49. The predicted molar refractivity (Wildman–Crippen MR) is 94.0 cm³/mol. The fourth-order valence-corrected chi connectivity index (χ4v) is 3.70. The summed E-state index contributed by atoms with van der Waals surface area (Å²) in [5, 5.41) is 2.80. The van der Waals surface area contributed by atoms with Gasteiger partial charge in [0.2, 0.25) is 15.9 Å². The van der Waals surface area contributed by atoms with Gasteiger partial charge in [0.25, 0.3) is 0 Å². The Morgan fingerprint density at radius 2 is 1.78 bits per heavy atom. The molecule has 0 saturated heterocycles. The van der Waals surface area contributed by atoms with E-state index in [1.807, 2.05) is 0 Å². The topological polar surface area (TPSA) is 75.3 Å². The first-order chi connectivity index (χ1) is 10.9. The van der Waals surface area contributed by atoms with Gasteiger partial charge < -0.3 is 5.32 Å². The molecule has 0 spiro atoms. The zero-order chi connectivity index (χ0) is 16.7. The van der Waals surface area contributed by atoms with Gasteiger partial charge in [0.1, 0.15) is 0 Å². The van der Waals surface area contributed by atoms with Crippen LogP contribution in [-0.2, 0) is 14.8 Å². The van der Waals surface area contributed by atoms with Gasteiger partial charge in [-0.25, -0.2) is 8.42 Å². The van der Waals surface area contributed by atoms with Crippen LogP contribution < -0.4 is 10.0 Å². The van der Waals surface area contributed by atoms with Crippen molar-refractivity contribution in [3.05, 3.63) is 24.3 Å². The van der Waals surface area contributed by atoms with Gasteiger partial charge in [-0.1, -0.05) is 44.2 Å². The molecule has 6 heteroatoms. The van der Waals surface area contributed by atoms with Crippen LogP contribution in [0.5, 0.6) is 0 Å². The Hall–Kier alpha value is -1.56. The van der Waals surface area contributed by atoms with Gasteiger partial charge in [-0.15, -0.1) is 0 Å². The first kappa shape index (κ1) is 17.8. The van der Waals surface area contributed by atoms with Gasteiger partial charge in [0, 0.05) is 6.42 Å². The number of sulfonamides is 1. The number of nitrogens with one attached hydrogen (secondary N) is 2. The van der Waals surface area contributed by atoms with Crippen LogP contribution in [0.1, 0.15) is 51.4 Å². The quantitative estimate of drug-likeness (QED) is 0.795. The largest absolute Gasteiger partial charge is 0.324 e. The summed E-state index contributed by atoms with van der Waals surface area (Å²) in [5.74, 6) is 0.708. The van der Waals surface area contributed by atoms with E-state index in [2.05, 4.69) is 10.0 Å². The molecule has 1 saturated carbocycles. The highest BCUT2D eigenvalue weighted by Gasteiger charge is 2.14. The predicted octanol–water partition coefficient (Wildman–Crippen LogP) is 3.75. The SMILES string of the molecule is CS(=O)(=O)Nc1ccccc1NC(=O)CCCC1CCCCC1. The van der Waals surface area contributed by atoms with E-state index in [1.165, 1.54) is 32.1 Å². The van der Waals surface area contributed by atoms with Crippen molar-refractivity contribution < 1.29 is 13.2 Å². The lowest BCUT2D eigenvalue weighted by molar-refractivity contribution is -0.116. The molecule has 1 aliphatic carbocycles. The Kier molecular flexibility index (Phi) is 6.45. The summed E-state index contributed by atoms with van der Waals surface area (Å²) in [7, 11) is -3.37. The number of carbonyl (C=O) groups is 1. The van der Waals surface area contributed by atoms with Crippen LogP contribution in [0.4, 0.5) is 11.4 Å². The Morgan fingerprint density at radius 1 is 1.13 bits per heavy atom. The first-order valence-corrected chi connectivity index (χ1v) is 10.2. The van der Waals surface area contributed by atoms with Crippen molar-refractivity contribution in [3.8, 4) is 0 Å². The van der Waals surface area contributed by atoms with Gasteiger partial charge in [-0.3, -0.25) is 9.52 Å². The van der Waals surface area contributed by atoms with Crippen molar-refractivity contribution in [2.75, 3.05) is 16.3 Å². The van der Waals surface area contributed by atoms with E-state index in [1.54, 1.807) is 24.3 Å². The van der Waals surface area contributed by atoms with Crippen LogP contribution in [-0.4, -0.2) is 20.6 Å². The molecule has 128 valence electrons. The van der Waals surface area contributed by atoms with Crippen molar-refractivity contribution in [2.45, 2.75) is 51.4 Å². The van der Waals surface area contributed by atoms with E-state index in [-0.39, 0.29) is 5.91 Å². The van der Waals surface area contributed by atoms with Gasteiger partial charge >= 0.3 is 0 Å². The Morgan fingerprint density at radius 3 is 2.43 bits per heavy atom. The third kappa shape index (κ3) is 6.60. The van der Waals surface area contributed by atoms with E-state index in [9.17, 15) is 13.2 Å². The molecule has 0 bridgehead atoms. The second-order valence-electron chi connectivity index (χ2n) is 6.36. The summed E-state index contributed by atoms with van der Waals surface area (Å²) >= 11 is 0. The molecule has 1 aliphatic rings. The molecule has 1 amide bonds. The minimum Gasteiger partial charge on any atom is -0.324 e. The van der Waals surface area contributed by atoms with Crippen LogP contribution in [0.2, 0.25) is 0 Å². The second-order valence-corrected chi connectivity index (χ2v) is 8.11. The lowest BCUT2D eigenvalue weighted by Crippen LogP contribution is -2.16. The van der Waals surface area contributed by atoms with Crippen LogP contribution in [0.3, 0.4) is 0 Å². The molecule has 2 N–H and O–H groups in total. The van der Waals surface area contributed by atoms with Gasteiger partial charge in [0.15, 0.2) is 0 Å². The fourth-order valence-electron chi connectivity index (χ4n) is 3.12. The number of rotatable bonds is 7. The zero-order valence-electron chi connectivity index (χ0n) is 13.7. The number of benzene rings is 1. The highest BCUT2D eigenvalue weighted by molar-refractivity contribution is 7.92. The summed E-state index contributed by atoms with van der Waals surface area (Å²) in [6, 6.07) is 6.84. The molecule has 2 rings (SSSR count).